The molecule has 2 aliphatic carbocycles. The largest absolute Gasteiger partial charge is 0.500 e. The molecule has 0 bridgehead atoms. The third-order valence-electron chi connectivity index (χ3n) is 8.07. The third kappa shape index (κ3) is 7.18. The van der Waals surface area contributed by atoms with Crippen molar-refractivity contribution < 1.29 is 23.8 Å². The van der Waals surface area contributed by atoms with E-state index in [0.29, 0.717) is 16.9 Å². The van der Waals surface area contributed by atoms with Crippen LogP contribution in [0.15, 0.2) is 58.9 Å². The summed E-state index contributed by atoms with van der Waals surface area (Å²) in [7, 11) is 1.61. The molecule has 5 heteroatoms. The summed E-state index contributed by atoms with van der Waals surface area (Å²) in [6, 6.07) is 7.38. The molecular formula is C33H46O5. The monoisotopic (exact) mass is 522 g/mol. The van der Waals surface area contributed by atoms with Crippen molar-refractivity contribution in [1.29, 1.82) is 0 Å². The first-order chi connectivity index (χ1) is 17.8. The molecule has 0 radical (unpaired) electrons. The molecule has 1 unspecified atom stereocenters. The molecule has 0 aliphatic heterocycles. The smallest absolute Gasteiger partial charge is 0.339 e. The zero-order valence-electron chi connectivity index (χ0n) is 24.6. The molecule has 0 amide bonds. The average molecular weight is 523 g/mol. The van der Waals surface area contributed by atoms with E-state index in [-0.39, 0.29) is 17.7 Å². The first kappa shape index (κ1) is 29.7. The van der Waals surface area contributed by atoms with Gasteiger partial charge in [-0.25, -0.2) is 4.79 Å². The zero-order chi connectivity index (χ0) is 28.1. The standard InChI is InChI=1S/C33H46O5/c1-22-29(31(35)38-32(3,4)5)23(2)33(6,7)27(30(22)36-8)18-19-28(34)25-14-16-26(17-15-25)37-21-20-24-12-10-9-11-13-24/h14-19,24,27H,9-13,20-21H2,1-8H3. The minimum Gasteiger partial charge on any atom is -0.500 e. The van der Waals surface area contributed by atoms with Crippen LogP contribution >= 0.6 is 0 Å². The fourth-order valence-corrected chi connectivity index (χ4v) is 5.58. The molecule has 1 saturated carbocycles. The van der Waals surface area contributed by atoms with Gasteiger partial charge in [0.15, 0.2) is 5.78 Å². The Labute approximate surface area is 229 Å². The lowest BCUT2D eigenvalue weighted by Gasteiger charge is -2.40. The molecular weight excluding hydrogens is 476 g/mol. The summed E-state index contributed by atoms with van der Waals surface area (Å²) in [6.45, 7) is 14.3. The minimum atomic E-state index is -0.596. The first-order valence-corrected chi connectivity index (χ1v) is 14.0. The van der Waals surface area contributed by atoms with E-state index in [1.54, 1.807) is 13.2 Å². The molecule has 0 aromatic heterocycles. The number of ketones is 1. The van der Waals surface area contributed by atoms with E-state index in [1.807, 2.05) is 65.0 Å². The molecule has 3 rings (SSSR count). The van der Waals surface area contributed by atoms with Gasteiger partial charge >= 0.3 is 5.97 Å². The Morgan fingerprint density at radius 2 is 1.66 bits per heavy atom. The molecule has 0 heterocycles. The number of hydrogen-bond donors (Lipinski definition) is 0. The fourth-order valence-electron chi connectivity index (χ4n) is 5.58. The zero-order valence-corrected chi connectivity index (χ0v) is 24.6. The van der Waals surface area contributed by atoms with Gasteiger partial charge in [0.25, 0.3) is 0 Å². The van der Waals surface area contributed by atoms with Crippen LogP contribution in [-0.4, -0.2) is 31.1 Å². The van der Waals surface area contributed by atoms with Gasteiger partial charge in [0.2, 0.25) is 0 Å². The van der Waals surface area contributed by atoms with Crippen molar-refractivity contribution in [3.05, 3.63) is 64.5 Å². The van der Waals surface area contributed by atoms with Gasteiger partial charge in [0.05, 0.1) is 19.3 Å². The summed E-state index contributed by atoms with van der Waals surface area (Å²) in [6.07, 6.45) is 11.3. The number of hydrogen-bond acceptors (Lipinski definition) is 5. The number of carbonyl (C=O) groups excluding carboxylic acids is 2. The fraction of sp³-hybridized carbons (Fsp3) is 0.576. The van der Waals surface area contributed by atoms with Crippen LogP contribution < -0.4 is 4.74 Å². The first-order valence-electron chi connectivity index (χ1n) is 14.0. The molecule has 2 aliphatic rings. The highest BCUT2D eigenvalue weighted by Crippen LogP contribution is 2.48. The van der Waals surface area contributed by atoms with Crippen LogP contribution in [0.3, 0.4) is 0 Å². The number of methoxy groups -OCH3 is 1. The second-order valence-corrected chi connectivity index (χ2v) is 12.3. The highest BCUT2D eigenvalue weighted by Gasteiger charge is 2.42. The molecule has 1 aromatic carbocycles. The van der Waals surface area contributed by atoms with Gasteiger partial charge in [-0.3, -0.25) is 4.79 Å². The van der Waals surface area contributed by atoms with E-state index in [0.717, 1.165) is 35.8 Å². The Morgan fingerprint density at radius 1 is 1.03 bits per heavy atom. The van der Waals surface area contributed by atoms with E-state index in [9.17, 15) is 9.59 Å². The Bertz CT molecular complexity index is 1090. The molecule has 1 fully saturated rings. The predicted octanol–water partition coefficient (Wildman–Crippen LogP) is 8.01. The van der Waals surface area contributed by atoms with E-state index < -0.39 is 11.0 Å². The number of rotatable bonds is 9. The van der Waals surface area contributed by atoms with Crippen LogP contribution in [0.4, 0.5) is 0 Å². The van der Waals surface area contributed by atoms with Crippen molar-refractivity contribution in [3.63, 3.8) is 0 Å². The van der Waals surface area contributed by atoms with Gasteiger partial charge in [0, 0.05) is 17.1 Å². The number of ether oxygens (including phenoxy) is 3. The summed E-state index contributed by atoms with van der Waals surface area (Å²) < 4.78 is 17.4. The summed E-state index contributed by atoms with van der Waals surface area (Å²) >= 11 is 0. The molecule has 1 aromatic rings. The molecule has 0 N–H and O–H groups in total. The topological polar surface area (TPSA) is 61.8 Å². The maximum Gasteiger partial charge on any atom is 0.339 e. The maximum absolute atomic E-state index is 13.1. The highest BCUT2D eigenvalue weighted by molar-refractivity contribution is 6.04. The summed E-state index contributed by atoms with van der Waals surface area (Å²) in [5.74, 6) is 1.62. The van der Waals surface area contributed by atoms with Crippen LogP contribution in [-0.2, 0) is 14.3 Å². The van der Waals surface area contributed by atoms with Gasteiger partial charge in [-0.15, -0.1) is 0 Å². The molecule has 5 nitrogen and oxygen atoms in total. The van der Waals surface area contributed by atoms with Crippen molar-refractivity contribution in [2.24, 2.45) is 17.3 Å². The minimum absolute atomic E-state index is 0.0813. The van der Waals surface area contributed by atoms with Gasteiger partial charge in [0.1, 0.15) is 17.1 Å². The Balaban J connectivity index is 1.70. The van der Waals surface area contributed by atoms with Gasteiger partial charge in [-0.05, 0) is 82.7 Å². The van der Waals surface area contributed by atoms with Crippen molar-refractivity contribution in [1.82, 2.24) is 0 Å². The van der Waals surface area contributed by atoms with Crippen LogP contribution in [0, 0.1) is 17.3 Å². The Hall–Kier alpha value is -2.82. The normalized spacial score (nSPS) is 20.6. The van der Waals surface area contributed by atoms with E-state index in [2.05, 4.69) is 13.8 Å². The maximum atomic E-state index is 13.1. The number of benzene rings is 1. The van der Waals surface area contributed by atoms with Gasteiger partial charge < -0.3 is 14.2 Å². The lowest BCUT2D eigenvalue weighted by atomic mass is 9.66. The van der Waals surface area contributed by atoms with Gasteiger partial charge in [-0.2, -0.15) is 0 Å². The van der Waals surface area contributed by atoms with Crippen LogP contribution in [0.2, 0.25) is 0 Å². The SMILES string of the molecule is COC1=C(C)C(C(=O)OC(C)(C)C)=C(C)C(C)(C)C1C=CC(=O)c1ccc(OCCC2CCCCC2)cc1. The van der Waals surface area contributed by atoms with Crippen molar-refractivity contribution in [3.8, 4) is 5.75 Å². The lowest BCUT2D eigenvalue weighted by Crippen LogP contribution is -2.35. The lowest BCUT2D eigenvalue weighted by molar-refractivity contribution is -0.149. The van der Waals surface area contributed by atoms with Crippen LogP contribution in [0.1, 0.15) is 97.3 Å². The molecule has 1 atom stereocenters. The third-order valence-corrected chi connectivity index (χ3v) is 8.07. The number of allylic oxidation sites excluding steroid dienone is 3. The average Bonchev–Trinajstić information content (AvgIpc) is 2.85. The van der Waals surface area contributed by atoms with Crippen LogP contribution in [0.25, 0.3) is 0 Å². The molecule has 0 spiro atoms. The van der Waals surface area contributed by atoms with Crippen molar-refractivity contribution in [2.75, 3.05) is 13.7 Å². The number of esters is 1. The van der Waals surface area contributed by atoms with E-state index in [4.69, 9.17) is 14.2 Å². The highest BCUT2D eigenvalue weighted by atomic mass is 16.6. The van der Waals surface area contributed by atoms with Crippen LogP contribution in [0.5, 0.6) is 5.75 Å². The van der Waals surface area contributed by atoms with E-state index in [1.165, 1.54) is 32.1 Å². The molecule has 208 valence electrons. The molecule has 38 heavy (non-hydrogen) atoms. The predicted molar refractivity (Wildman–Crippen MR) is 152 cm³/mol. The van der Waals surface area contributed by atoms with Gasteiger partial charge in [-0.1, -0.05) is 57.6 Å². The second-order valence-electron chi connectivity index (χ2n) is 12.3. The van der Waals surface area contributed by atoms with Crippen molar-refractivity contribution in [2.45, 2.75) is 92.6 Å². The Morgan fingerprint density at radius 3 is 2.24 bits per heavy atom. The summed E-state index contributed by atoms with van der Waals surface area (Å²) in [5.41, 5.74) is 1.77. The quantitative estimate of drug-likeness (QED) is 0.187. The number of carbonyl (C=O) groups is 2. The van der Waals surface area contributed by atoms with E-state index >= 15 is 0 Å². The molecule has 0 saturated heterocycles. The summed E-state index contributed by atoms with van der Waals surface area (Å²) in [4.78, 5) is 26.1. The second kappa shape index (κ2) is 12.4. The summed E-state index contributed by atoms with van der Waals surface area (Å²) in [5, 5.41) is 0. The van der Waals surface area contributed by atoms with Crippen molar-refractivity contribution >= 4 is 11.8 Å². The Kier molecular flexibility index (Phi) is 9.67.